The lowest BCUT2D eigenvalue weighted by molar-refractivity contribution is 0.628. The molecular formula is C19H13FN2S. The molecule has 112 valence electrons. The fourth-order valence-corrected chi connectivity index (χ4v) is 3.20. The van der Waals surface area contributed by atoms with Crippen LogP contribution >= 0.6 is 11.3 Å². The first kappa shape index (κ1) is 13.9. The van der Waals surface area contributed by atoms with Crippen LogP contribution < -0.4 is 0 Å². The SMILES string of the molecule is Fc1ccc(-c2[nH]c(-c3cccs3)nc2-c2ccccc2)cc1. The Morgan fingerprint density at radius 2 is 1.61 bits per heavy atom. The summed E-state index contributed by atoms with van der Waals surface area (Å²) in [6, 6.07) is 20.5. The van der Waals surface area contributed by atoms with Gasteiger partial charge < -0.3 is 4.98 Å². The fraction of sp³-hybridized carbons (Fsp3) is 0. The van der Waals surface area contributed by atoms with Crippen LogP contribution in [0.1, 0.15) is 0 Å². The maximum atomic E-state index is 13.2. The maximum absolute atomic E-state index is 13.2. The third-order valence-electron chi connectivity index (χ3n) is 3.64. The largest absolute Gasteiger partial charge is 0.337 e. The van der Waals surface area contributed by atoms with E-state index in [0.717, 1.165) is 33.2 Å². The smallest absolute Gasteiger partial charge is 0.148 e. The van der Waals surface area contributed by atoms with Crippen molar-refractivity contribution < 1.29 is 4.39 Å². The number of thiophene rings is 1. The number of nitrogens with zero attached hydrogens (tertiary/aromatic N) is 1. The van der Waals surface area contributed by atoms with E-state index in [4.69, 9.17) is 4.98 Å². The molecule has 0 fully saturated rings. The molecule has 0 unspecified atom stereocenters. The highest BCUT2D eigenvalue weighted by Crippen LogP contribution is 2.34. The zero-order valence-electron chi connectivity index (χ0n) is 12.2. The van der Waals surface area contributed by atoms with E-state index in [-0.39, 0.29) is 5.82 Å². The average Bonchev–Trinajstić information content (AvgIpc) is 3.26. The average molecular weight is 320 g/mol. The van der Waals surface area contributed by atoms with Crippen LogP contribution in [0.25, 0.3) is 33.2 Å². The number of nitrogens with one attached hydrogen (secondary N) is 1. The highest BCUT2D eigenvalue weighted by Gasteiger charge is 2.15. The number of H-pyrrole nitrogens is 1. The topological polar surface area (TPSA) is 28.7 Å². The van der Waals surface area contributed by atoms with Gasteiger partial charge in [0.1, 0.15) is 11.6 Å². The van der Waals surface area contributed by atoms with Gasteiger partial charge in [-0.25, -0.2) is 9.37 Å². The molecule has 0 aliphatic heterocycles. The summed E-state index contributed by atoms with van der Waals surface area (Å²) in [5, 5.41) is 2.03. The van der Waals surface area contributed by atoms with Gasteiger partial charge in [-0.2, -0.15) is 0 Å². The molecule has 0 saturated carbocycles. The van der Waals surface area contributed by atoms with Crippen molar-refractivity contribution >= 4 is 11.3 Å². The second-order valence-corrected chi connectivity index (χ2v) is 6.11. The molecule has 23 heavy (non-hydrogen) atoms. The predicted octanol–water partition coefficient (Wildman–Crippen LogP) is 5.61. The Morgan fingerprint density at radius 3 is 2.30 bits per heavy atom. The van der Waals surface area contributed by atoms with Gasteiger partial charge >= 0.3 is 0 Å². The Morgan fingerprint density at radius 1 is 0.826 bits per heavy atom. The molecule has 0 aliphatic carbocycles. The number of rotatable bonds is 3. The molecule has 2 aromatic heterocycles. The van der Waals surface area contributed by atoms with Crippen LogP contribution in [-0.4, -0.2) is 9.97 Å². The van der Waals surface area contributed by atoms with Crippen molar-refractivity contribution in [2.45, 2.75) is 0 Å². The Kier molecular flexibility index (Phi) is 3.52. The molecule has 4 rings (SSSR count). The van der Waals surface area contributed by atoms with Crippen LogP contribution in [0.3, 0.4) is 0 Å². The van der Waals surface area contributed by atoms with E-state index in [1.165, 1.54) is 12.1 Å². The van der Waals surface area contributed by atoms with Crippen LogP contribution in [0.4, 0.5) is 4.39 Å². The lowest BCUT2D eigenvalue weighted by Crippen LogP contribution is -1.84. The summed E-state index contributed by atoms with van der Waals surface area (Å²) >= 11 is 1.64. The molecule has 4 heteroatoms. The minimum Gasteiger partial charge on any atom is -0.337 e. The number of benzene rings is 2. The summed E-state index contributed by atoms with van der Waals surface area (Å²) in [5.41, 5.74) is 3.73. The van der Waals surface area contributed by atoms with Crippen molar-refractivity contribution in [3.63, 3.8) is 0 Å². The third-order valence-corrected chi connectivity index (χ3v) is 4.52. The predicted molar refractivity (Wildman–Crippen MR) is 92.7 cm³/mol. The second-order valence-electron chi connectivity index (χ2n) is 5.16. The number of aromatic amines is 1. The van der Waals surface area contributed by atoms with Gasteiger partial charge in [0.05, 0.1) is 16.3 Å². The van der Waals surface area contributed by atoms with E-state index >= 15 is 0 Å². The van der Waals surface area contributed by atoms with Crippen molar-refractivity contribution in [3.8, 4) is 33.2 Å². The number of aromatic nitrogens is 2. The van der Waals surface area contributed by atoms with Crippen LogP contribution in [-0.2, 0) is 0 Å². The monoisotopic (exact) mass is 320 g/mol. The summed E-state index contributed by atoms with van der Waals surface area (Å²) in [4.78, 5) is 9.26. The van der Waals surface area contributed by atoms with Gasteiger partial charge in [-0.15, -0.1) is 11.3 Å². The summed E-state index contributed by atoms with van der Waals surface area (Å²) in [7, 11) is 0. The van der Waals surface area contributed by atoms with Gasteiger partial charge in [-0.1, -0.05) is 36.4 Å². The van der Waals surface area contributed by atoms with Crippen LogP contribution in [0.2, 0.25) is 0 Å². The number of hydrogen-bond acceptors (Lipinski definition) is 2. The third kappa shape index (κ3) is 2.69. The summed E-state index contributed by atoms with van der Waals surface area (Å²) in [6.07, 6.45) is 0. The number of halogens is 1. The van der Waals surface area contributed by atoms with Crippen molar-refractivity contribution in [2.24, 2.45) is 0 Å². The number of imidazole rings is 1. The molecule has 0 amide bonds. The van der Waals surface area contributed by atoms with Gasteiger partial charge in [0, 0.05) is 11.1 Å². The van der Waals surface area contributed by atoms with E-state index in [1.807, 2.05) is 47.8 Å². The lowest BCUT2D eigenvalue weighted by Gasteiger charge is -2.03. The zero-order valence-corrected chi connectivity index (χ0v) is 13.0. The minimum atomic E-state index is -0.243. The standard InChI is InChI=1S/C19H13FN2S/c20-15-10-8-14(9-11-15)18-17(13-5-2-1-3-6-13)21-19(22-18)16-7-4-12-23-16/h1-12H,(H,21,22). The van der Waals surface area contributed by atoms with E-state index in [9.17, 15) is 4.39 Å². The second kappa shape index (κ2) is 5.82. The summed E-state index contributed by atoms with van der Waals surface area (Å²) < 4.78 is 13.2. The molecule has 0 aliphatic rings. The van der Waals surface area contributed by atoms with E-state index in [0.29, 0.717) is 0 Å². The highest BCUT2D eigenvalue weighted by molar-refractivity contribution is 7.13. The van der Waals surface area contributed by atoms with Crippen molar-refractivity contribution in [1.82, 2.24) is 9.97 Å². The molecule has 0 radical (unpaired) electrons. The highest BCUT2D eigenvalue weighted by atomic mass is 32.1. The van der Waals surface area contributed by atoms with Crippen LogP contribution in [0.5, 0.6) is 0 Å². The van der Waals surface area contributed by atoms with Crippen molar-refractivity contribution in [2.75, 3.05) is 0 Å². The molecule has 0 saturated heterocycles. The van der Waals surface area contributed by atoms with Crippen molar-refractivity contribution in [1.29, 1.82) is 0 Å². The quantitative estimate of drug-likeness (QED) is 0.522. The fourth-order valence-electron chi connectivity index (χ4n) is 2.53. The molecule has 1 N–H and O–H groups in total. The molecule has 0 spiro atoms. The first-order chi connectivity index (χ1) is 11.3. The Labute approximate surface area is 137 Å². The molecule has 2 aromatic carbocycles. The van der Waals surface area contributed by atoms with E-state index < -0.39 is 0 Å². The van der Waals surface area contributed by atoms with E-state index in [1.54, 1.807) is 23.5 Å². The zero-order chi connectivity index (χ0) is 15.6. The lowest BCUT2D eigenvalue weighted by atomic mass is 10.1. The Balaban J connectivity index is 1.90. The summed E-state index contributed by atoms with van der Waals surface area (Å²) in [6.45, 7) is 0. The Bertz CT molecular complexity index is 910. The van der Waals surface area contributed by atoms with Crippen molar-refractivity contribution in [3.05, 3.63) is 77.9 Å². The van der Waals surface area contributed by atoms with Crippen LogP contribution in [0.15, 0.2) is 72.1 Å². The van der Waals surface area contributed by atoms with Gasteiger partial charge in [0.2, 0.25) is 0 Å². The minimum absolute atomic E-state index is 0.243. The Hall–Kier alpha value is -2.72. The van der Waals surface area contributed by atoms with Gasteiger partial charge in [-0.3, -0.25) is 0 Å². The van der Waals surface area contributed by atoms with Gasteiger partial charge in [-0.05, 0) is 35.7 Å². The first-order valence-corrected chi connectivity index (χ1v) is 8.14. The molecular weight excluding hydrogens is 307 g/mol. The van der Waals surface area contributed by atoms with Gasteiger partial charge in [0.15, 0.2) is 0 Å². The van der Waals surface area contributed by atoms with Crippen LogP contribution in [0, 0.1) is 5.82 Å². The number of hydrogen-bond donors (Lipinski definition) is 1. The molecule has 2 heterocycles. The van der Waals surface area contributed by atoms with Gasteiger partial charge in [0.25, 0.3) is 0 Å². The summed E-state index contributed by atoms with van der Waals surface area (Å²) in [5.74, 6) is 0.589. The van der Waals surface area contributed by atoms with E-state index in [2.05, 4.69) is 4.98 Å². The normalized spacial score (nSPS) is 10.8. The maximum Gasteiger partial charge on any atom is 0.148 e. The molecule has 4 aromatic rings. The molecule has 0 bridgehead atoms. The molecule has 0 atom stereocenters. The first-order valence-electron chi connectivity index (χ1n) is 7.26. The molecule has 2 nitrogen and oxygen atoms in total.